The van der Waals surface area contributed by atoms with E-state index in [-0.39, 0.29) is 18.4 Å². The van der Waals surface area contributed by atoms with Crippen molar-refractivity contribution >= 4 is 23.7 Å². The molecule has 4 aromatic carbocycles. The minimum absolute atomic E-state index is 0.114. The summed E-state index contributed by atoms with van der Waals surface area (Å²) in [6.07, 6.45) is 1.52. The van der Waals surface area contributed by atoms with Crippen molar-refractivity contribution in [2.45, 2.75) is 27.4 Å². The number of carbonyl (C=O) groups is 2. The third kappa shape index (κ3) is 8.69. The first-order valence-corrected chi connectivity index (χ1v) is 13.3. The van der Waals surface area contributed by atoms with Crippen molar-refractivity contribution in [3.05, 3.63) is 119 Å². The van der Waals surface area contributed by atoms with Crippen molar-refractivity contribution in [1.82, 2.24) is 5.43 Å². The number of hydrogen-bond donors (Lipinski definition) is 2. The number of nitrogens with zero attached hydrogens (tertiary/aromatic N) is 1. The summed E-state index contributed by atoms with van der Waals surface area (Å²) in [5.74, 6) is 0.960. The highest BCUT2D eigenvalue weighted by Gasteiger charge is 2.12. The zero-order valence-corrected chi connectivity index (χ0v) is 23.3. The van der Waals surface area contributed by atoms with Crippen LogP contribution >= 0.6 is 0 Å². The SMILES string of the molecule is CCOc1cc(C(=O)N/N=C/c2ccc(OCC(=O)Nc3cc(C)ccc3C)cc2)ccc1OCc1ccccc1. The Labute approximate surface area is 240 Å². The Morgan fingerprint density at radius 3 is 2.37 bits per heavy atom. The maximum atomic E-state index is 12.7. The molecule has 0 atom stereocenters. The zero-order chi connectivity index (χ0) is 29.0. The van der Waals surface area contributed by atoms with Gasteiger partial charge in [0.15, 0.2) is 18.1 Å². The van der Waals surface area contributed by atoms with E-state index >= 15 is 0 Å². The van der Waals surface area contributed by atoms with Crippen molar-refractivity contribution in [3.63, 3.8) is 0 Å². The maximum Gasteiger partial charge on any atom is 0.271 e. The molecular weight excluding hydrogens is 518 g/mol. The molecule has 0 aliphatic heterocycles. The quantitative estimate of drug-likeness (QED) is 0.165. The van der Waals surface area contributed by atoms with Crippen LogP contribution in [-0.4, -0.2) is 31.2 Å². The molecule has 0 unspecified atom stereocenters. The second-order valence-electron chi connectivity index (χ2n) is 9.29. The Balaban J connectivity index is 1.27. The molecule has 8 heteroatoms. The van der Waals surface area contributed by atoms with E-state index in [1.165, 1.54) is 6.21 Å². The second kappa shape index (κ2) is 14.3. The van der Waals surface area contributed by atoms with Crippen LogP contribution in [0.2, 0.25) is 0 Å². The lowest BCUT2D eigenvalue weighted by atomic mass is 10.1. The number of anilines is 1. The largest absolute Gasteiger partial charge is 0.490 e. The summed E-state index contributed by atoms with van der Waals surface area (Å²) in [6, 6.07) is 27.7. The number of hydrazone groups is 1. The number of ether oxygens (including phenoxy) is 3. The highest BCUT2D eigenvalue weighted by Crippen LogP contribution is 2.29. The molecule has 2 N–H and O–H groups in total. The molecule has 4 aromatic rings. The summed E-state index contributed by atoms with van der Waals surface area (Å²) in [5.41, 5.74) is 7.52. The molecule has 0 saturated heterocycles. The number of nitrogens with one attached hydrogen (secondary N) is 2. The molecule has 0 aliphatic carbocycles. The Morgan fingerprint density at radius 2 is 1.61 bits per heavy atom. The van der Waals surface area contributed by atoms with Gasteiger partial charge in [-0.2, -0.15) is 5.10 Å². The van der Waals surface area contributed by atoms with Crippen LogP contribution in [0.3, 0.4) is 0 Å². The van der Waals surface area contributed by atoms with E-state index in [4.69, 9.17) is 14.2 Å². The first kappa shape index (κ1) is 28.9. The Kier molecular flexibility index (Phi) is 10.1. The van der Waals surface area contributed by atoms with Gasteiger partial charge in [0.25, 0.3) is 11.8 Å². The average Bonchev–Trinajstić information content (AvgIpc) is 2.98. The van der Waals surface area contributed by atoms with E-state index in [2.05, 4.69) is 15.8 Å². The Morgan fingerprint density at radius 1 is 0.829 bits per heavy atom. The van der Waals surface area contributed by atoms with Crippen LogP contribution in [0.5, 0.6) is 17.2 Å². The fraction of sp³-hybridized carbons (Fsp3) is 0.182. The first-order valence-electron chi connectivity index (χ1n) is 13.3. The van der Waals surface area contributed by atoms with Crippen LogP contribution in [0, 0.1) is 13.8 Å². The molecule has 0 radical (unpaired) electrons. The van der Waals surface area contributed by atoms with Gasteiger partial charge in [-0.15, -0.1) is 0 Å². The molecule has 41 heavy (non-hydrogen) atoms. The van der Waals surface area contributed by atoms with Gasteiger partial charge in [0.2, 0.25) is 0 Å². The smallest absolute Gasteiger partial charge is 0.271 e. The van der Waals surface area contributed by atoms with Crippen LogP contribution in [0.4, 0.5) is 5.69 Å². The lowest BCUT2D eigenvalue weighted by Crippen LogP contribution is -2.20. The van der Waals surface area contributed by atoms with E-state index < -0.39 is 0 Å². The lowest BCUT2D eigenvalue weighted by Gasteiger charge is -2.13. The van der Waals surface area contributed by atoms with Crippen molar-refractivity contribution in [1.29, 1.82) is 0 Å². The normalized spacial score (nSPS) is 10.7. The fourth-order valence-corrected chi connectivity index (χ4v) is 3.86. The molecule has 4 rings (SSSR count). The fourth-order valence-electron chi connectivity index (χ4n) is 3.86. The van der Waals surface area contributed by atoms with Gasteiger partial charge < -0.3 is 19.5 Å². The Bertz CT molecular complexity index is 1500. The van der Waals surface area contributed by atoms with E-state index in [0.717, 1.165) is 27.9 Å². The number of rotatable bonds is 12. The van der Waals surface area contributed by atoms with Crippen LogP contribution in [0.1, 0.15) is 39.5 Å². The maximum absolute atomic E-state index is 12.7. The van der Waals surface area contributed by atoms with E-state index in [1.54, 1.807) is 42.5 Å². The first-order chi connectivity index (χ1) is 19.9. The molecule has 0 heterocycles. The molecule has 0 fully saturated rings. The minimum atomic E-state index is -0.383. The van der Waals surface area contributed by atoms with Gasteiger partial charge in [-0.1, -0.05) is 42.5 Å². The van der Waals surface area contributed by atoms with E-state index in [9.17, 15) is 9.59 Å². The molecule has 210 valence electrons. The summed E-state index contributed by atoms with van der Waals surface area (Å²) < 4.78 is 17.2. The number of hydrogen-bond acceptors (Lipinski definition) is 6. The van der Waals surface area contributed by atoms with Gasteiger partial charge in [-0.3, -0.25) is 9.59 Å². The van der Waals surface area contributed by atoms with Crippen molar-refractivity contribution < 1.29 is 23.8 Å². The van der Waals surface area contributed by atoms with Crippen LogP contribution in [0.15, 0.2) is 96.1 Å². The standard InChI is InChI=1S/C33H33N3O5/c1-4-39-31-19-27(14-17-30(31)41-21-26-8-6-5-7-9-26)33(38)36-34-20-25-12-15-28(16-13-25)40-22-32(37)35-29-18-23(2)10-11-24(29)3/h5-20H,4,21-22H2,1-3H3,(H,35,37)(H,36,38)/b34-20+. The number of carbonyl (C=O) groups excluding carboxylic acids is 2. The van der Waals surface area contributed by atoms with Gasteiger partial charge in [0.05, 0.1) is 12.8 Å². The highest BCUT2D eigenvalue weighted by molar-refractivity contribution is 5.95. The molecule has 0 aromatic heterocycles. The predicted molar refractivity (Wildman–Crippen MR) is 160 cm³/mol. The molecule has 0 spiro atoms. The third-order valence-electron chi connectivity index (χ3n) is 6.04. The lowest BCUT2D eigenvalue weighted by molar-refractivity contribution is -0.118. The molecule has 0 bridgehead atoms. The van der Waals surface area contributed by atoms with Gasteiger partial charge >= 0.3 is 0 Å². The number of amides is 2. The third-order valence-corrected chi connectivity index (χ3v) is 6.04. The summed E-state index contributed by atoms with van der Waals surface area (Å²) in [5, 5.41) is 6.93. The highest BCUT2D eigenvalue weighted by atomic mass is 16.5. The molecule has 8 nitrogen and oxygen atoms in total. The van der Waals surface area contributed by atoms with Gasteiger partial charge in [0.1, 0.15) is 12.4 Å². The summed E-state index contributed by atoms with van der Waals surface area (Å²) >= 11 is 0. The molecule has 0 aliphatic rings. The summed E-state index contributed by atoms with van der Waals surface area (Å²) in [7, 11) is 0. The van der Waals surface area contributed by atoms with E-state index in [1.807, 2.05) is 69.3 Å². The molecule has 2 amide bonds. The Hall–Kier alpha value is -5.11. The van der Waals surface area contributed by atoms with E-state index in [0.29, 0.717) is 36.0 Å². The van der Waals surface area contributed by atoms with Crippen molar-refractivity contribution in [2.75, 3.05) is 18.5 Å². The van der Waals surface area contributed by atoms with Crippen molar-refractivity contribution in [2.24, 2.45) is 5.10 Å². The molecular formula is C33H33N3O5. The number of benzene rings is 4. The van der Waals surface area contributed by atoms with Crippen LogP contribution < -0.4 is 25.0 Å². The number of aryl methyl sites for hydroxylation is 2. The zero-order valence-electron chi connectivity index (χ0n) is 23.3. The summed E-state index contributed by atoms with van der Waals surface area (Å²) in [6.45, 7) is 6.49. The summed E-state index contributed by atoms with van der Waals surface area (Å²) in [4.78, 5) is 25.0. The topological polar surface area (TPSA) is 98.3 Å². The predicted octanol–water partition coefficient (Wildman–Crippen LogP) is 6.06. The van der Waals surface area contributed by atoms with Crippen molar-refractivity contribution in [3.8, 4) is 17.2 Å². The van der Waals surface area contributed by atoms with Gasteiger partial charge in [0, 0.05) is 11.3 Å². The minimum Gasteiger partial charge on any atom is -0.490 e. The van der Waals surface area contributed by atoms with Crippen LogP contribution in [-0.2, 0) is 11.4 Å². The average molecular weight is 552 g/mol. The second-order valence-corrected chi connectivity index (χ2v) is 9.29. The van der Waals surface area contributed by atoms with Gasteiger partial charge in [-0.05, 0) is 91.6 Å². The van der Waals surface area contributed by atoms with Gasteiger partial charge in [-0.25, -0.2) is 5.43 Å². The van der Waals surface area contributed by atoms with Crippen LogP contribution in [0.25, 0.3) is 0 Å². The molecule has 0 saturated carbocycles. The monoisotopic (exact) mass is 551 g/mol.